The highest BCUT2D eigenvalue weighted by Gasteiger charge is 2.43. The van der Waals surface area contributed by atoms with Crippen LogP contribution in [0.15, 0.2) is 47.6 Å². The highest BCUT2D eigenvalue weighted by molar-refractivity contribution is 5.88. The lowest BCUT2D eigenvalue weighted by Crippen LogP contribution is -2.46. The van der Waals surface area contributed by atoms with Crippen LogP contribution in [0.3, 0.4) is 0 Å². The Balaban J connectivity index is 1.38. The summed E-state index contributed by atoms with van der Waals surface area (Å²) in [4.78, 5) is 28.4. The van der Waals surface area contributed by atoms with Crippen LogP contribution in [-0.2, 0) is 57.0 Å². The van der Waals surface area contributed by atoms with Gasteiger partial charge in [0.1, 0.15) is 12.2 Å². The fourth-order valence-corrected chi connectivity index (χ4v) is 15.0. The zero-order valence-electron chi connectivity index (χ0n) is 60.0. The maximum Gasteiger partial charge on any atom is 0.333 e. The van der Waals surface area contributed by atoms with E-state index in [1.165, 1.54) is 0 Å². The average Bonchev–Trinajstić information content (AvgIpc) is 0.955. The van der Waals surface area contributed by atoms with Crippen molar-refractivity contribution in [1.29, 1.82) is 0 Å². The molecule has 8 N–H and O–H groups in total. The van der Waals surface area contributed by atoms with Crippen LogP contribution in [0.25, 0.3) is 0 Å². The van der Waals surface area contributed by atoms with Crippen molar-refractivity contribution in [1.82, 2.24) is 0 Å². The first-order valence-corrected chi connectivity index (χ1v) is 35.7. The third-order valence-electron chi connectivity index (χ3n) is 21.9. The summed E-state index contributed by atoms with van der Waals surface area (Å²) in [6.45, 7) is 22.1. The second-order valence-corrected chi connectivity index (χ2v) is 29.5. The van der Waals surface area contributed by atoms with E-state index in [4.69, 9.17) is 47.4 Å². The van der Waals surface area contributed by atoms with Gasteiger partial charge >= 0.3 is 11.9 Å². The first-order valence-electron chi connectivity index (χ1n) is 35.7. The summed E-state index contributed by atoms with van der Waals surface area (Å²) in [5, 5.41) is 94.8. The molecule has 4 bridgehead atoms. The molecule has 0 aromatic rings. The van der Waals surface area contributed by atoms with E-state index in [0.29, 0.717) is 51.4 Å². The lowest BCUT2D eigenvalue weighted by atomic mass is 9.78. The fraction of sp³-hybridized carbons (Fsp3) is 0.865. The van der Waals surface area contributed by atoms with Gasteiger partial charge in [-0.25, -0.2) is 9.59 Å². The summed E-state index contributed by atoms with van der Waals surface area (Å²) in [5.74, 6) is -5.62. The topological polar surface area (TPSA) is 288 Å². The minimum Gasteiger partial charge on any atom is -0.458 e. The molecule has 0 spiro atoms. The molecule has 5 aliphatic heterocycles. The molecule has 0 aromatic carbocycles. The van der Waals surface area contributed by atoms with Gasteiger partial charge < -0.3 is 88.2 Å². The van der Waals surface area contributed by atoms with Crippen molar-refractivity contribution in [3.8, 4) is 0 Å². The van der Waals surface area contributed by atoms with Gasteiger partial charge in [0, 0.05) is 101 Å². The molecule has 5 aliphatic rings. The largest absolute Gasteiger partial charge is 0.458 e. The van der Waals surface area contributed by atoms with Gasteiger partial charge in [-0.2, -0.15) is 0 Å². The standard InChI is InChI=1S/C74H128O20/c1-41(25-29-59-35-61(85-13)31-45(5)89-59)69(81)51(11)71-49(9)65(79)39-63(77)47(7)67(87-15)37-57-21-18-20-56(92-57)34-54(76)28-24-44(4)74(84)94-72(52(12)70(82)42(2)26-30-60-36-62(86-14)32-46(6)90-60)50(10)66(80)40-64(78)48(8)68(88-16)38-58-22-17-19-55(91-58)33-53(75)27-23-43(3)73(83)93-71/h17-20,23-24,41-42,45-72,75-82H,21-22,25-40H2,1-16H3/b43-23+,44-24+/t41-,42-,45+,46+,47-,48?,49+,50-,51-,52-,53?,54+,55-,56-,57-,58+,59-,60-,61+,62+,63-,64?,65+,66-,67+,68?,69-,70-,71-,72-/m0/s1. The van der Waals surface area contributed by atoms with Crippen molar-refractivity contribution in [2.75, 3.05) is 28.4 Å². The van der Waals surface area contributed by atoms with Crippen LogP contribution in [0.1, 0.15) is 199 Å². The Hall–Kier alpha value is -2.74. The Labute approximate surface area is 563 Å². The third-order valence-corrected chi connectivity index (χ3v) is 21.9. The molecule has 5 heterocycles. The zero-order valence-corrected chi connectivity index (χ0v) is 60.0. The number of esters is 2. The first-order chi connectivity index (χ1) is 44.5. The van der Waals surface area contributed by atoms with Gasteiger partial charge in [-0.3, -0.25) is 0 Å². The van der Waals surface area contributed by atoms with Crippen molar-refractivity contribution >= 4 is 11.9 Å². The van der Waals surface area contributed by atoms with Crippen LogP contribution in [-0.4, -0.2) is 216 Å². The average molecular weight is 1340 g/mol. The number of hydrogen-bond acceptors (Lipinski definition) is 20. The molecule has 20 nitrogen and oxygen atoms in total. The number of aliphatic hydroxyl groups excluding tert-OH is 8. The van der Waals surface area contributed by atoms with Gasteiger partial charge in [0.2, 0.25) is 0 Å². The van der Waals surface area contributed by atoms with E-state index < -0.39 is 133 Å². The smallest absolute Gasteiger partial charge is 0.333 e. The minimum absolute atomic E-state index is 0.0361. The lowest BCUT2D eigenvalue weighted by Gasteiger charge is -2.38. The maximum absolute atomic E-state index is 14.2. The number of carbonyl (C=O) groups is 2. The van der Waals surface area contributed by atoms with E-state index in [9.17, 15) is 50.4 Å². The van der Waals surface area contributed by atoms with Crippen molar-refractivity contribution in [2.45, 2.75) is 333 Å². The predicted molar refractivity (Wildman–Crippen MR) is 359 cm³/mol. The predicted octanol–water partition coefficient (Wildman–Crippen LogP) is 9.00. The number of fused-ring (bicyclic) bond motifs is 4. The molecule has 20 heteroatoms. The molecule has 0 aliphatic carbocycles. The summed E-state index contributed by atoms with van der Waals surface area (Å²) in [6.07, 6.45) is 6.49. The van der Waals surface area contributed by atoms with Gasteiger partial charge in [0.15, 0.2) is 0 Å². The van der Waals surface area contributed by atoms with Gasteiger partial charge in [0.25, 0.3) is 0 Å². The lowest BCUT2D eigenvalue weighted by molar-refractivity contribution is -0.160. The normalized spacial score (nSPS) is 41.4. The number of hydrogen-bond donors (Lipinski definition) is 8. The number of rotatable bonds is 16. The molecule has 94 heavy (non-hydrogen) atoms. The van der Waals surface area contributed by atoms with Crippen LogP contribution >= 0.6 is 0 Å². The molecular formula is C74H128O20. The van der Waals surface area contributed by atoms with Crippen LogP contribution in [0, 0.1) is 47.3 Å². The van der Waals surface area contributed by atoms with Crippen LogP contribution < -0.4 is 0 Å². The molecular weight excluding hydrogens is 1210 g/mol. The Morgan fingerprint density at radius 3 is 1.15 bits per heavy atom. The van der Waals surface area contributed by atoms with Crippen molar-refractivity contribution in [3.63, 3.8) is 0 Å². The Morgan fingerprint density at radius 1 is 0.457 bits per heavy atom. The first kappa shape index (κ1) is 81.9. The summed E-state index contributed by atoms with van der Waals surface area (Å²) in [5.41, 5.74) is 0.470. The monoisotopic (exact) mass is 1340 g/mol. The number of cyclic esters (lactones) is 2. The van der Waals surface area contributed by atoms with E-state index in [1.807, 2.05) is 79.7 Å². The van der Waals surface area contributed by atoms with Crippen LogP contribution in [0.2, 0.25) is 0 Å². The van der Waals surface area contributed by atoms with E-state index in [0.717, 1.165) is 25.7 Å². The van der Waals surface area contributed by atoms with Crippen LogP contribution in [0.5, 0.6) is 0 Å². The molecule has 2 fully saturated rings. The third kappa shape index (κ3) is 25.5. The van der Waals surface area contributed by atoms with Crippen molar-refractivity contribution in [2.24, 2.45) is 47.3 Å². The molecule has 0 aromatic heterocycles. The summed E-state index contributed by atoms with van der Waals surface area (Å²) in [7, 11) is 6.56. The fourth-order valence-electron chi connectivity index (χ4n) is 15.0. The van der Waals surface area contributed by atoms with E-state index in [-0.39, 0.29) is 110 Å². The Kier molecular flexibility index (Phi) is 35.3. The zero-order chi connectivity index (χ0) is 69.7. The van der Waals surface area contributed by atoms with Gasteiger partial charge in [-0.05, 0) is 129 Å². The molecule has 4 unspecified atom stereocenters. The summed E-state index contributed by atoms with van der Waals surface area (Å²) >= 11 is 0. The van der Waals surface area contributed by atoms with E-state index >= 15 is 0 Å². The number of carbonyl (C=O) groups excluding carboxylic acids is 2. The van der Waals surface area contributed by atoms with E-state index in [1.54, 1.807) is 68.3 Å². The Morgan fingerprint density at radius 2 is 0.809 bits per heavy atom. The molecule has 2 saturated heterocycles. The molecule has 544 valence electrons. The van der Waals surface area contributed by atoms with Crippen molar-refractivity contribution in [3.05, 3.63) is 47.6 Å². The maximum atomic E-state index is 14.2. The number of aliphatic hydroxyl groups is 8. The molecule has 0 radical (unpaired) electrons. The van der Waals surface area contributed by atoms with Crippen molar-refractivity contribution < 1.29 is 97.8 Å². The van der Waals surface area contributed by atoms with Gasteiger partial charge in [0.05, 0.1) is 122 Å². The van der Waals surface area contributed by atoms with Gasteiger partial charge in [-0.15, -0.1) is 0 Å². The highest BCUT2D eigenvalue weighted by Crippen LogP contribution is 2.37. The molecule has 5 rings (SSSR count). The summed E-state index contributed by atoms with van der Waals surface area (Å²) < 4.78 is 61.5. The second kappa shape index (κ2) is 40.5. The minimum atomic E-state index is -1.18. The van der Waals surface area contributed by atoms with Crippen LogP contribution in [0.4, 0.5) is 0 Å². The number of methoxy groups -OCH3 is 4. The summed E-state index contributed by atoms with van der Waals surface area (Å²) in [6, 6.07) is 0. The van der Waals surface area contributed by atoms with E-state index in [2.05, 4.69) is 0 Å². The van der Waals surface area contributed by atoms with Gasteiger partial charge in [-0.1, -0.05) is 91.8 Å². The molecule has 30 atom stereocenters. The quantitative estimate of drug-likeness (QED) is 0.0528. The number of ether oxygens (including phenoxy) is 10. The molecule has 0 saturated carbocycles. The molecule has 0 amide bonds. The Bertz CT molecular complexity index is 2160. The SMILES string of the molecule is COC1C[C@H]2CC=C[C@@H](CC(O)C/C=C(\C)C(=O)O[C@H]([C@@H](C)[C@@H](O)[C@@H](C)CC[C@H]3C[C@H](OC)C[C@@H](C)O3)[C@H](C)[C@H](O)C[C@H](O)[C@H](C)[C@H](OC)C[C@@H]3CC=C[C@@H](C[C@H](O)C/C=C(\C)C(=O)O[C@H]([C@@H](C)[C@@H](O)[C@@H](C)CC[C@H]4C[C@H](OC)C[C@@H](C)O4)[C@@H](C)[C@@H](O)CC(O)C1C)O3)O2. The second-order valence-electron chi connectivity index (χ2n) is 29.5. The highest BCUT2D eigenvalue weighted by atomic mass is 16.6.